The van der Waals surface area contributed by atoms with Crippen molar-refractivity contribution >= 4 is 11.9 Å². The zero-order valence-electron chi connectivity index (χ0n) is 14.6. The van der Waals surface area contributed by atoms with Gasteiger partial charge in [0.2, 0.25) is 11.8 Å². The highest BCUT2D eigenvalue weighted by Gasteiger charge is 2.49. The van der Waals surface area contributed by atoms with Gasteiger partial charge in [0.1, 0.15) is 0 Å². The van der Waals surface area contributed by atoms with Gasteiger partial charge in [0.15, 0.2) is 0 Å². The molecule has 7 nitrogen and oxygen atoms in total. The second-order valence-corrected chi connectivity index (χ2v) is 8.49. The van der Waals surface area contributed by atoms with Crippen LogP contribution in [0.2, 0.25) is 0 Å². The van der Waals surface area contributed by atoms with Crippen molar-refractivity contribution in [3.8, 4) is 0 Å². The number of nitrogens with zero attached hydrogens (tertiary/aromatic N) is 4. The smallest absolute Gasteiger partial charge is 0.266 e. The number of piperidine rings is 2. The third-order valence-corrected chi connectivity index (χ3v) is 6.33. The number of aliphatic hydroxyl groups is 1. The Morgan fingerprint density at radius 1 is 1.20 bits per heavy atom. The van der Waals surface area contributed by atoms with E-state index in [1.165, 1.54) is 12.8 Å². The van der Waals surface area contributed by atoms with E-state index in [2.05, 4.69) is 15.0 Å². The Bertz CT molecular complexity index is 657. The van der Waals surface area contributed by atoms with E-state index in [1.807, 2.05) is 4.90 Å². The van der Waals surface area contributed by atoms with Crippen LogP contribution < -0.4 is 4.90 Å². The summed E-state index contributed by atoms with van der Waals surface area (Å²) in [5.41, 5.74) is -0.397. The molecular formula is C18H26N4O3. The maximum Gasteiger partial charge on any atom is 0.266 e. The van der Waals surface area contributed by atoms with E-state index in [4.69, 9.17) is 4.52 Å². The number of rotatable bonds is 4. The Hall–Kier alpha value is -1.63. The van der Waals surface area contributed by atoms with E-state index in [0.717, 1.165) is 51.2 Å². The molecule has 2 saturated carbocycles. The molecule has 1 N–H and O–H groups in total. The quantitative estimate of drug-likeness (QED) is 0.890. The minimum atomic E-state index is -0.397. The summed E-state index contributed by atoms with van der Waals surface area (Å²) in [6.07, 6.45) is 6.47. The van der Waals surface area contributed by atoms with E-state index in [-0.39, 0.29) is 5.91 Å². The Morgan fingerprint density at radius 2 is 1.96 bits per heavy atom. The Balaban J connectivity index is 1.27. The lowest BCUT2D eigenvalue weighted by Crippen LogP contribution is -2.58. The van der Waals surface area contributed by atoms with Crippen LogP contribution in [0.3, 0.4) is 0 Å². The number of aliphatic hydroxyl groups excluding tert-OH is 1. The first-order valence-corrected chi connectivity index (χ1v) is 9.69. The summed E-state index contributed by atoms with van der Waals surface area (Å²) in [7, 11) is 0. The Morgan fingerprint density at radius 3 is 2.64 bits per heavy atom. The van der Waals surface area contributed by atoms with Crippen LogP contribution in [0.5, 0.6) is 0 Å². The summed E-state index contributed by atoms with van der Waals surface area (Å²) in [6, 6.07) is 0. The monoisotopic (exact) mass is 346 g/mol. The lowest BCUT2D eigenvalue weighted by Gasteiger charge is -2.47. The van der Waals surface area contributed by atoms with E-state index in [9.17, 15) is 9.90 Å². The van der Waals surface area contributed by atoms with Crippen LogP contribution in [0.1, 0.15) is 56.8 Å². The lowest BCUT2D eigenvalue weighted by atomic mass is 9.71. The molecular weight excluding hydrogens is 320 g/mol. The predicted molar refractivity (Wildman–Crippen MR) is 90.1 cm³/mol. The highest BCUT2D eigenvalue weighted by molar-refractivity contribution is 5.84. The van der Waals surface area contributed by atoms with Gasteiger partial charge < -0.3 is 19.4 Å². The van der Waals surface area contributed by atoms with Crippen LogP contribution in [0.25, 0.3) is 0 Å². The van der Waals surface area contributed by atoms with Gasteiger partial charge >= 0.3 is 0 Å². The summed E-state index contributed by atoms with van der Waals surface area (Å²) in [5, 5.41) is 14.5. The molecule has 1 spiro atoms. The standard InChI is InChI=1S/C18H26N4O3/c23-14-9-18(16(24)22(11-14)10-12-1-2-12)5-7-21(8-6-18)17-19-15(25-20-17)13-3-4-13/h12-14,23H,1-11H2. The summed E-state index contributed by atoms with van der Waals surface area (Å²) < 4.78 is 5.37. The molecule has 1 aromatic rings. The molecule has 1 amide bonds. The average molecular weight is 346 g/mol. The van der Waals surface area contributed by atoms with Crippen LogP contribution in [0.4, 0.5) is 5.95 Å². The van der Waals surface area contributed by atoms with Gasteiger partial charge in [-0.2, -0.15) is 4.98 Å². The fourth-order valence-electron chi connectivity index (χ4n) is 4.45. The van der Waals surface area contributed by atoms with Gasteiger partial charge in [-0.15, -0.1) is 0 Å². The lowest BCUT2D eigenvalue weighted by molar-refractivity contribution is -0.154. The molecule has 0 radical (unpaired) electrons. The van der Waals surface area contributed by atoms with Gasteiger partial charge in [-0.25, -0.2) is 0 Å². The minimum Gasteiger partial charge on any atom is -0.391 e. The average Bonchev–Trinajstić information content (AvgIpc) is 3.54. The summed E-state index contributed by atoms with van der Waals surface area (Å²) in [5.74, 6) is 2.80. The van der Waals surface area contributed by atoms with E-state index in [0.29, 0.717) is 30.7 Å². The normalized spacial score (nSPS) is 29.5. The zero-order valence-corrected chi connectivity index (χ0v) is 14.6. The molecule has 25 heavy (non-hydrogen) atoms. The third-order valence-electron chi connectivity index (χ3n) is 6.33. The number of likely N-dealkylation sites (tertiary alicyclic amines) is 1. The largest absolute Gasteiger partial charge is 0.391 e. The summed E-state index contributed by atoms with van der Waals surface area (Å²) in [4.78, 5) is 21.7. The SMILES string of the molecule is O=C1N(CC2CC2)CC(O)CC12CCN(c1noc(C3CC3)n1)CC2. The number of hydrogen-bond acceptors (Lipinski definition) is 6. The molecule has 7 heteroatoms. The Kier molecular flexibility index (Phi) is 3.55. The zero-order chi connectivity index (χ0) is 17.0. The molecule has 2 aliphatic heterocycles. The first kappa shape index (κ1) is 15.6. The highest BCUT2D eigenvalue weighted by atomic mass is 16.5. The molecule has 1 unspecified atom stereocenters. The molecule has 0 bridgehead atoms. The van der Waals surface area contributed by atoms with Gasteiger partial charge in [-0.1, -0.05) is 0 Å². The van der Waals surface area contributed by atoms with E-state index in [1.54, 1.807) is 0 Å². The first-order valence-electron chi connectivity index (χ1n) is 9.69. The number of carbonyl (C=O) groups excluding carboxylic acids is 1. The third kappa shape index (κ3) is 2.92. The highest BCUT2D eigenvalue weighted by Crippen LogP contribution is 2.44. The molecule has 1 aromatic heterocycles. The number of amides is 1. The van der Waals surface area contributed by atoms with E-state index >= 15 is 0 Å². The van der Waals surface area contributed by atoms with Crippen molar-refractivity contribution in [3.05, 3.63) is 5.89 Å². The summed E-state index contributed by atoms with van der Waals surface area (Å²) >= 11 is 0. The molecule has 4 fully saturated rings. The van der Waals surface area contributed by atoms with Crippen LogP contribution in [-0.2, 0) is 4.79 Å². The van der Waals surface area contributed by atoms with Crippen molar-refractivity contribution in [2.24, 2.45) is 11.3 Å². The Labute approximate surface area is 147 Å². The number of β-amino-alcohol motifs (C(OH)–C–C–N with tert-alkyl or cyclic N) is 1. The van der Waals surface area contributed by atoms with Crippen molar-refractivity contribution in [2.75, 3.05) is 31.1 Å². The molecule has 0 aromatic carbocycles. The van der Waals surface area contributed by atoms with Crippen molar-refractivity contribution < 1.29 is 14.4 Å². The van der Waals surface area contributed by atoms with Crippen LogP contribution in [0.15, 0.2) is 4.52 Å². The number of anilines is 1. The maximum absolute atomic E-state index is 13.1. The molecule has 2 aliphatic carbocycles. The van der Waals surface area contributed by atoms with Crippen LogP contribution in [0, 0.1) is 11.3 Å². The van der Waals surface area contributed by atoms with Gasteiger partial charge in [-0.05, 0) is 56.0 Å². The van der Waals surface area contributed by atoms with Crippen LogP contribution >= 0.6 is 0 Å². The maximum atomic E-state index is 13.1. The van der Waals surface area contributed by atoms with E-state index < -0.39 is 11.5 Å². The second-order valence-electron chi connectivity index (χ2n) is 8.49. The number of hydrogen-bond donors (Lipinski definition) is 1. The molecule has 2 saturated heterocycles. The fraction of sp³-hybridized carbons (Fsp3) is 0.833. The minimum absolute atomic E-state index is 0.260. The first-order chi connectivity index (χ1) is 12.1. The van der Waals surface area contributed by atoms with Crippen molar-refractivity contribution in [3.63, 3.8) is 0 Å². The second kappa shape index (κ2) is 5.69. The van der Waals surface area contributed by atoms with Crippen molar-refractivity contribution in [1.82, 2.24) is 15.0 Å². The van der Waals surface area contributed by atoms with Crippen LogP contribution in [-0.4, -0.2) is 58.3 Å². The predicted octanol–water partition coefficient (Wildman–Crippen LogP) is 1.54. The molecule has 1 atom stereocenters. The fourth-order valence-corrected chi connectivity index (χ4v) is 4.45. The molecule has 136 valence electrons. The molecule has 4 aliphatic rings. The van der Waals surface area contributed by atoms with Gasteiger partial charge in [-0.3, -0.25) is 4.79 Å². The van der Waals surface area contributed by atoms with Gasteiger partial charge in [0.25, 0.3) is 5.95 Å². The van der Waals surface area contributed by atoms with Gasteiger partial charge in [0, 0.05) is 32.1 Å². The number of aromatic nitrogens is 2. The van der Waals surface area contributed by atoms with Gasteiger partial charge in [0.05, 0.1) is 11.5 Å². The molecule has 3 heterocycles. The summed E-state index contributed by atoms with van der Waals surface area (Å²) in [6.45, 7) is 2.84. The molecule has 5 rings (SSSR count). The van der Waals surface area contributed by atoms with Crippen molar-refractivity contribution in [2.45, 2.75) is 57.0 Å². The topological polar surface area (TPSA) is 82.7 Å². The van der Waals surface area contributed by atoms with Crippen molar-refractivity contribution in [1.29, 1.82) is 0 Å². The number of carbonyl (C=O) groups is 1.